The van der Waals surface area contributed by atoms with Crippen LogP contribution in [0, 0.1) is 0 Å². The summed E-state index contributed by atoms with van der Waals surface area (Å²) in [6.45, 7) is 2.05. The molecule has 30 heavy (non-hydrogen) atoms. The van der Waals surface area contributed by atoms with E-state index in [1.54, 1.807) is 14.2 Å². The lowest BCUT2D eigenvalue weighted by molar-refractivity contribution is -0.137. The minimum Gasteiger partial charge on any atom is -0.493 e. The molecule has 1 unspecified atom stereocenters. The van der Waals surface area contributed by atoms with Crippen molar-refractivity contribution in [1.29, 1.82) is 0 Å². The summed E-state index contributed by atoms with van der Waals surface area (Å²) in [5.41, 5.74) is 3.92. The number of benzene rings is 2. The minimum absolute atomic E-state index is 0.210. The van der Waals surface area contributed by atoms with Gasteiger partial charge in [0.25, 0.3) is 0 Å². The van der Waals surface area contributed by atoms with Crippen molar-refractivity contribution in [2.45, 2.75) is 51.0 Å². The highest BCUT2D eigenvalue weighted by atomic mass is 16.5. The van der Waals surface area contributed by atoms with Crippen LogP contribution in [0.25, 0.3) is 0 Å². The molecule has 2 aromatic carbocycles. The monoisotopic (exact) mass is 411 g/mol. The van der Waals surface area contributed by atoms with E-state index >= 15 is 0 Å². The molecule has 1 heterocycles. The molecular weight excluding hydrogens is 378 g/mol. The molecule has 162 valence electrons. The highest BCUT2D eigenvalue weighted by molar-refractivity contribution is 5.66. The number of hydrogen-bond donors (Lipinski definition) is 1. The second-order valence-electron chi connectivity index (χ2n) is 7.92. The van der Waals surface area contributed by atoms with Gasteiger partial charge < -0.3 is 14.6 Å². The van der Waals surface area contributed by atoms with Crippen LogP contribution in [0.5, 0.6) is 11.5 Å². The van der Waals surface area contributed by atoms with Gasteiger partial charge in [0, 0.05) is 13.0 Å². The molecule has 0 radical (unpaired) electrons. The number of aliphatic carboxylic acids is 1. The second-order valence-corrected chi connectivity index (χ2v) is 7.92. The van der Waals surface area contributed by atoms with E-state index in [4.69, 9.17) is 14.6 Å². The van der Waals surface area contributed by atoms with Crippen molar-refractivity contribution >= 4 is 5.97 Å². The summed E-state index contributed by atoms with van der Waals surface area (Å²) in [6.07, 6.45) is 6.41. The van der Waals surface area contributed by atoms with Gasteiger partial charge >= 0.3 is 5.97 Å². The van der Waals surface area contributed by atoms with Crippen LogP contribution in [0.15, 0.2) is 42.5 Å². The molecule has 0 bridgehead atoms. The summed E-state index contributed by atoms with van der Waals surface area (Å²) in [5.74, 6) is 0.870. The lowest BCUT2D eigenvalue weighted by Gasteiger charge is -2.38. The molecule has 1 N–H and O–H groups in total. The summed E-state index contributed by atoms with van der Waals surface area (Å²) in [7, 11) is 3.37. The smallest absolute Gasteiger partial charge is 0.303 e. The molecule has 1 aliphatic rings. The number of hydrogen-bond acceptors (Lipinski definition) is 4. The van der Waals surface area contributed by atoms with Gasteiger partial charge in [-0.2, -0.15) is 0 Å². The fourth-order valence-corrected chi connectivity index (χ4v) is 4.39. The zero-order chi connectivity index (χ0) is 21.3. The highest BCUT2D eigenvalue weighted by Crippen LogP contribution is 2.41. The summed E-state index contributed by atoms with van der Waals surface area (Å²) < 4.78 is 11.1. The Hall–Kier alpha value is -2.53. The number of rotatable bonds is 11. The van der Waals surface area contributed by atoms with Gasteiger partial charge in [-0.3, -0.25) is 9.69 Å². The maximum absolute atomic E-state index is 10.6. The maximum Gasteiger partial charge on any atom is 0.303 e. The average molecular weight is 412 g/mol. The normalized spacial score (nSPS) is 16.1. The molecule has 0 fully saturated rings. The number of methoxy groups -OCH3 is 2. The molecule has 0 amide bonds. The van der Waals surface area contributed by atoms with Crippen molar-refractivity contribution in [3.8, 4) is 11.5 Å². The van der Waals surface area contributed by atoms with Crippen LogP contribution < -0.4 is 9.47 Å². The van der Waals surface area contributed by atoms with Crippen LogP contribution in [0.3, 0.4) is 0 Å². The number of carboxylic acid groups (broad SMARTS) is 1. The van der Waals surface area contributed by atoms with Crippen molar-refractivity contribution in [3.63, 3.8) is 0 Å². The standard InChI is InChI=1S/C25H33NO4/c1-29-22-17-20-14-16-26(15-10-5-3-4-9-13-24(27)28)25(19-11-7-6-8-12-19)21(20)18-23(22)30-2/h6-8,11-12,17-18,25H,3-5,9-10,13-16H2,1-2H3,(H,27,28). The maximum atomic E-state index is 10.6. The summed E-state index contributed by atoms with van der Waals surface area (Å²) in [4.78, 5) is 13.2. The Kier molecular flexibility index (Phi) is 8.14. The van der Waals surface area contributed by atoms with Crippen LogP contribution in [0.1, 0.15) is 61.3 Å². The van der Waals surface area contributed by atoms with Gasteiger partial charge in [0.15, 0.2) is 11.5 Å². The van der Waals surface area contributed by atoms with Crippen LogP contribution in [-0.2, 0) is 11.2 Å². The minimum atomic E-state index is -0.695. The Bertz CT molecular complexity index is 821. The van der Waals surface area contributed by atoms with Crippen molar-refractivity contribution in [2.75, 3.05) is 27.3 Å². The SMILES string of the molecule is COc1cc2c(cc1OC)C(c1ccccc1)N(CCCCCCCC(=O)O)CC2. The first-order chi connectivity index (χ1) is 14.6. The Morgan fingerprint density at radius 2 is 1.67 bits per heavy atom. The lowest BCUT2D eigenvalue weighted by Crippen LogP contribution is -2.36. The third kappa shape index (κ3) is 5.54. The predicted molar refractivity (Wildman–Crippen MR) is 118 cm³/mol. The van der Waals surface area contributed by atoms with Crippen LogP contribution in [-0.4, -0.2) is 43.3 Å². The quantitative estimate of drug-likeness (QED) is 0.523. The fourth-order valence-electron chi connectivity index (χ4n) is 4.39. The van der Waals surface area contributed by atoms with Gasteiger partial charge in [-0.1, -0.05) is 49.6 Å². The number of carbonyl (C=O) groups is 1. The fraction of sp³-hybridized carbons (Fsp3) is 0.480. The molecule has 1 aliphatic heterocycles. The topological polar surface area (TPSA) is 59.0 Å². The Morgan fingerprint density at radius 1 is 1.00 bits per heavy atom. The molecule has 0 saturated heterocycles. The first kappa shape index (κ1) is 22.2. The molecule has 5 heteroatoms. The molecule has 2 aromatic rings. The predicted octanol–water partition coefficient (Wildman–Crippen LogP) is 5.08. The number of carboxylic acids is 1. The molecule has 0 aromatic heterocycles. The number of fused-ring (bicyclic) bond motifs is 1. The van der Waals surface area contributed by atoms with E-state index in [1.807, 2.05) is 0 Å². The van der Waals surface area contributed by atoms with Gasteiger partial charge in [-0.25, -0.2) is 0 Å². The van der Waals surface area contributed by atoms with Crippen LogP contribution >= 0.6 is 0 Å². The van der Waals surface area contributed by atoms with Gasteiger partial charge in [0.2, 0.25) is 0 Å². The third-order valence-electron chi connectivity index (χ3n) is 5.92. The van der Waals surface area contributed by atoms with E-state index in [1.165, 1.54) is 16.7 Å². The molecule has 0 saturated carbocycles. The van der Waals surface area contributed by atoms with E-state index in [9.17, 15) is 4.79 Å². The van der Waals surface area contributed by atoms with Gasteiger partial charge in [-0.05, 0) is 54.6 Å². The molecule has 0 spiro atoms. The lowest BCUT2D eigenvalue weighted by atomic mass is 9.87. The van der Waals surface area contributed by atoms with Crippen molar-refractivity contribution < 1.29 is 19.4 Å². The zero-order valence-corrected chi connectivity index (χ0v) is 18.1. The summed E-state index contributed by atoms with van der Waals surface area (Å²) >= 11 is 0. The number of ether oxygens (including phenoxy) is 2. The zero-order valence-electron chi connectivity index (χ0n) is 18.1. The van der Waals surface area contributed by atoms with E-state index in [0.717, 1.165) is 63.1 Å². The molecule has 5 nitrogen and oxygen atoms in total. The van der Waals surface area contributed by atoms with Gasteiger partial charge in [0.05, 0.1) is 20.3 Å². The van der Waals surface area contributed by atoms with Crippen LogP contribution in [0.2, 0.25) is 0 Å². The van der Waals surface area contributed by atoms with Crippen molar-refractivity contribution in [3.05, 3.63) is 59.2 Å². The van der Waals surface area contributed by atoms with Gasteiger partial charge in [0.1, 0.15) is 0 Å². The number of nitrogens with zero attached hydrogens (tertiary/aromatic N) is 1. The van der Waals surface area contributed by atoms with Crippen molar-refractivity contribution in [1.82, 2.24) is 4.90 Å². The third-order valence-corrected chi connectivity index (χ3v) is 5.92. The summed E-state index contributed by atoms with van der Waals surface area (Å²) in [5, 5.41) is 8.75. The molecule has 0 aliphatic carbocycles. The Labute approximate surface area is 179 Å². The van der Waals surface area contributed by atoms with E-state index in [2.05, 4.69) is 47.4 Å². The molecule has 1 atom stereocenters. The van der Waals surface area contributed by atoms with Crippen molar-refractivity contribution in [2.24, 2.45) is 0 Å². The van der Waals surface area contributed by atoms with E-state index in [0.29, 0.717) is 0 Å². The largest absolute Gasteiger partial charge is 0.493 e. The second kappa shape index (κ2) is 11.0. The number of unbranched alkanes of at least 4 members (excludes halogenated alkanes) is 4. The first-order valence-electron chi connectivity index (χ1n) is 10.9. The van der Waals surface area contributed by atoms with Gasteiger partial charge in [-0.15, -0.1) is 0 Å². The Balaban J connectivity index is 1.72. The molecule has 3 rings (SSSR count). The highest BCUT2D eigenvalue weighted by Gasteiger charge is 2.29. The Morgan fingerprint density at radius 3 is 2.37 bits per heavy atom. The summed E-state index contributed by atoms with van der Waals surface area (Å²) in [6, 6.07) is 15.2. The molecular formula is C25H33NO4. The first-order valence-corrected chi connectivity index (χ1v) is 10.9. The van der Waals surface area contributed by atoms with E-state index in [-0.39, 0.29) is 12.5 Å². The van der Waals surface area contributed by atoms with Crippen LogP contribution in [0.4, 0.5) is 0 Å². The van der Waals surface area contributed by atoms with E-state index < -0.39 is 5.97 Å². The average Bonchev–Trinajstić information content (AvgIpc) is 2.77.